The van der Waals surface area contributed by atoms with Gasteiger partial charge in [-0.05, 0) is 38.0 Å². The third-order valence-electron chi connectivity index (χ3n) is 4.35. The average molecular weight is 358 g/mol. The van der Waals surface area contributed by atoms with E-state index in [1.165, 1.54) is 12.1 Å². The van der Waals surface area contributed by atoms with E-state index in [1.54, 1.807) is 6.92 Å². The molecule has 1 aliphatic heterocycles. The smallest absolute Gasteiger partial charge is 0.369 e. The number of hydrogen-bond donors (Lipinski definition) is 0. The summed E-state index contributed by atoms with van der Waals surface area (Å²) in [7, 11) is 0. The molecular formula is C18H25F3N2O2. The van der Waals surface area contributed by atoms with E-state index in [9.17, 15) is 18.0 Å². The van der Waals surface area contributed by atoms with Crippen LogP contribution in [0.4, 0.5) is 13.2 Å². The topological polar surface area (TPSA) is 32.8 Å². The standard InChI is InChI=1S/C18H25F3N2O2/c1-3-25-14(2)17(24)23-10-4-9-22(11-12-23)13-15-5-7-16(8-6-15)18(19,20)21/h5-8,14H,3-4,9-13H2,1-2H3. The van der Waals surface area contributed by atoms with E-state index in [-0.39, 0.29) is 5.91 Å². The lowest BCUT2D eigenvalue weighted by Crippen LogP contribution is -2.41. The van der Waals surface area contributed by atoms with E-state index in [4.69, 9.17) is 4.74 Å². The summed E-state index contributed by atoms with van der Waals surface area (Å²) in [5.74, 6) is -0.00164. The number of ether oxygens (including phenoxy) is 1. The van der Waals surface area contributed by atoms with Gasteiger partial charge in [-0.2, -0.15) is 13.2 Å². The van der Waals surface area contributed by atoms with Crippen molar-refractivity contribution in [2.45, 2.75) is 39.1 Å². The molecule has 1 heterocycles. The van der Waals surface area contributed by atoms with Crippen LogP contribution in [0.1, 0.15) is 31.4 Å². The van der Waals surface area contributed by atoms with Crippen molar-refractivity contribution >= 4 is 5.91 Å². The van der Waals surface area contributed by atoms with Crippen molar-refractivity contribution in [3.63, 3.8) is 0 Å². The number of carbonyl (C=O) groups excluding carboxylic acids is 1. The number of hydrogen-bond acceptors (Lipinski definition) is 3. The molecule has 1 amide bonds. The molecule has 1 fully saturated rings. The largest absolute Gasteiger partial charge is 0.416 e. The lowest BCUT2D eigenvalue weighted by Gasteiger charge is -2.24. The van der Waals surface area contributed by atoms with Crippen LogP contribution in [0.15, 0.2) is 24.3 Å². The van der Waals surface area contributed by atoms with Gasteiger partial charge in [0.2, 0.25) is 0 Å². The summed E-state index contributed by atoms with van der Waals surface area (Å²) in [6.45, 7) is 7.51. The molecule has 0 spiro atoms. The van der Waals surface area contributed by atoms with E-state index in [2.05, 4.69) is 4.90 Å². The molecule has 1 aromatic rings. The molecule has 25 heavy (non-hydrogen) atoms. The molecule has 0 radical (unpaired) electrons. The first kappa shape index (κ1) is 19.7. The minimum absolute atomic E-state index is 0.00164. The van der Waals surface area contributed by atoms with Crippen molar-refractivity contribution < 1.29 is 22.7 Å². The average Bonchev–Trinajstić information content (AvgIpc) is 2.79. The van der Waals surface area contributed by atoms with Crippen LogP contribution in [0.3, 0.4) is 0 Å². The Balaban J connectivity index is 1.90. The fourth-order valence-corrected chi connectivity index (χ4v) is 2.99. The molecule has 0 aliphatic carbocycles. The highest BCUT2D eigenvalue weighted by Gasteiger charge is 2.30. The van der Waals surface area contributed by atoms with Crippen LogP contribution in [0.5, 0.6) is 0 Å². The molecule has 1 unspecified atom stereocenters. The lowest BCUT2D eigenvalue weighted by molar-refractivity contribution is -0.142. The van der Waals surface area contributed by atoms with Crippen molar-refractivity contribution in [3.05, 3.63) is 35.4 Å². The Hall–Kier alpha value is -1.60. The molecule has 140 valence electrons. The molecule has 7 heteroatoms. The molecule has 1 saturated heterocycles. The summed E-state index contributed by atoms with van der Waals surface area (Å²) in [5, 5.41) is 0. The molecule has 0 N–H and O–H groups in total. The van der Waals surface area contributed by atoms with Crippen molar-refractivity contribution in [3.8, 4) is 0 Å². The quantitative estimate of drug-likeness (QED) is 0.811. The molecule has 2 rings (SSSR count). The molecule has 1 aromatic carbocycles. The van der Waals surface area contributed by atoms with E-state index < -0.39 is 17.8 Å². The Morgan fingerprint density at radius 2 is 1.84 bits per heavy atom. The van der Waals surface area contributed by atoms with Crippen molar-refractivity contribution in [2.24, 2.45) is 0 Å². The van der Waals surface area contributed by atoms with E-state index in [1.807, 2.05) is 11.8 Å². The van der Waals surface area contributed by atoms with Crippen LogP contribution in [-0.4, -0.2) is 54.6 Å². The van der Waals surface area contributed by atoms with Gasteiger partial charge in [0.15, 0.2) is 0 Å². The van der Waals surface area contributed by atoms with E-state index in [0.717, 1.165) is 30.7 Å². The first-order valence-corrected chi connectivity index (χ1v) is 8.60. The number of amides is 1. The number of nitrogens with zero attached hydrogens (tertiary/aromatic N) is 2. The Labute approximate surface area is 146 Å². The number of carbonyl (C=O) groups is 1. The van der Waals surface area contributed by atoms with Gasteiger partial charge in [0.25, 0.3) is 5.91 Å². The van der Waals surface area contributed by atoms with Gasteiger partial charge < -0.3 is 9.64 Å². The van der Waals surface area contributed by atoms with Gasteiger partial charge in [0, 0.05) is 39.3 Å². The normalized spacial score (nSPS) is 18.0. The predicted octanol–water partition coefficient (Wildman–Crippen LogP) is 3.16. The van der Waals surface area contributed by atoms with Crippen molar-refractivity contribution in [2.75, 3.05) is 32.8 Å². The molecule has 4 nitrogen and oxygen atoms in total. The lowest BCUT2D eigenvalue weighted by atomic mass is 10.1. The molecular weight excluding hydrogens is 333 g/mol. The fraction of sp³-hybridized carbons (Fsp3) is 0.611. The number of benzene rings is 1. The second kappa shape index (κ2) is 8.67. The predicted molar refractivity (Wildman–Crippen MR) is 89.0 cm³/mol. The van der Waals surface area contributed by atoms with Gasteiger partial charge in [-0.15, -0.1) is 0 Å². The molecule has 1 atom stereocenters. The van der Waals surface area contributed by atoms with Crippen LogP contribution < -0.4 is 0 Å². The van der Waals surface area contributed by atoms with Crippen LogP contribution in [0.2, 0.25) is 0 Å². The van der Waals surface area contributed by atoms with Crippen LogP contribution in [-0.2, 0) is 22.3 Å². The third kappa shape index (κ3) is 5.71. The van der Waals surface area contributed by atoms with Crippen molar-refractivity contribution in [1.29, 1.82) is 0 Å². The highest BCUT2D eigenvalue weighted by atomic mass is 19.4. The number of alkyl halides is 3. The Kier molecular flexibility index (Phi) is 6.84. The maximum Gasteiger partial charge on any atom is 0.416 e. The highest BCUT2D eigenvalue weighted by molar-refractivity contribution is 5.80. The van der Waals surface area contributed by atoms with Gasteiger partial charge in [-0.25, -0.2) is 0 Å². The third-order valence-corrected chi connectivity index (χ3v) is 4.35. The number of halogens is 3. The minimum atomic E-state index is -4.31. The van der Waals surface area contributed by atoms with Crippen LogP contribution in [0, 0.1) is 0 Å². The second-order valence-electron chi connectivity index (χ2n) is 6.25. The number of rotatable bonds is 5. The highest BCUT2D eigenvalue weighted by Crippen LogP contribution is 2.29. The Morgan fingerprint density at radius 1 is 1.16 bits per heavy atom. The van der Waals surface area contributed by atoms with Gasteiger partial charge in [-0.1, -0.05) is 12.1 Å². The SMILES string of the molecule is CCOC(C)C(=O)N1CCCN(Cc2ccc(C(F)(F)F)cc2)CC1. The summed E-state index contributed by atoms with van der Waals surface area (Å²) in [6, 6.07) is 5.28. The summed E-state index contributed by atoms with van der Waals surface area (Å²) < 4.78 is 43.2. The van der Waals surface area contributed by atoms with Crippen LogP contribution >= 0.6 is 0 Å². The maximum absolute atomic E-state index is 12.6. The fourth-order valence-electron chi connectivity index (χ4n) is 2.99. The minimum Gasteiger partial charge on any atom is -0.369 e. The zero-order chi connectivity index (χ0) is 18.4. The van der Waals surface area contributed by atoms with Crippen LogP contribution in [0.25, 0.3) is 0 Å². The molecule has 0 saturated carbocycles. The van der Waals surface area contributed by atoms with Crippen molar-refractivity contribution in [1.82, 2.24) is 9.80 Å². The zero-order valence-electron chi connectivity index (χ0n) is 14.7. The summed E-state index contributed by atoms with van der Waals surface area (Å²) in [4.78, 5) is 16.3. The van der Waals surface area contributed by atoms with Gasteiger partial charge in [0.1, 0.15) is 6.10 Å². The monoisotopic (exact) mass is 358 g/mol. The first-order valence-electron chi connectivity index (χ1n) is 8.60. The van der Waals surface area contributed by atoms with Gasteiger partial charge in [-0.3, -0.25) is 9.69 Å². The Bertz CT molecular complexity index is 560. The van der Waals surface area contributed by atoms with E-state index >= 15 is 0 Å². The first-order chi connectivity index (χ1) is 11.8. The summed E-state index contributed by atoms with van der Waals surface area (Å²) in [6.07, 6.45) is -3.91. The molecule has 0 bridgehead atoms. The molecule has 0 aromatic heterocycles. The maximum atomic E-state index is 12.6. The molecule has 1 aliphatic rings. The summed E-state index contributed by atoms with van der Waals surface area (Å²) >= 11 is 0. The summed E-state index contributed by atoms with van der Waals surface area (Å²) in [5.41, 5.74) is 0.212. The van der Waals surface area contributed by atoms with Gasteiger partial charge >= 0.3 is 6.18 Å². The zero-order valence-corrected chi connectivity index (χ0v) is 14.7. The van der Waals surface area contributed by atoms with E-state index in [0.29, 0.717) is 32.8 Å². The second-order valence-corrected chi connectivity index (χ2v) is 6.25. The Morgan fingerprint density at radius 3 is 2.44 bits per heavy atom. The van der Waals surface area contributed by atoms with Gasteiger partial charge in [0.05, 0.1) is 5.56 Å².